The van der Waals surface area contributed by atoms with Gasteiger partial charge in [0.1, 0.15) is 0 Å². The van der Waals surface area contributed by atoms with E-state index in [1.807, 2.05) is 18.2 Å². The van der Waals surface area contributed by atoms with Gasteiger partial charge in [-0.25, -0.2) is 4.98 Å². The first-order valence-electron chi connectivity index (χ1n) is 16.9. The molecular weight excluding hydrogens is 611 g/mol. The van der Waals surface area contributed by atoms with Crippen molar-refractivity contribution in [3.8, 4) is 39.9 Å². The second-order valence-corrected chi connectivity index (χ2v) is 12.9. The fourth-order valence-electron chi connectivity index (χ4n) is 7.98. The van der Waals surface area contributed by atoms with Crippen LogP contribution in [-0.4, -0.2) is 23.9 Å². The van der Waals surface area contributed by atoms with Crippen molar-refractivity contribution < 1.29 is 0 Å². The third-order valence-corrected chi connectivity index (χ3v) is 10.1. The quantitative estimate of drug-likeness (QED) is 0.193. The molecule has 0 amide bonds. The van der Waals surface area contributed by atoms with Gasteiger partial charge >= 0.3 is 0 Å². The lowest BCUT2D eigenvalue weighted by molar-refractivity contribution is 0.953. The van der Waals surface area contributed by atoms with Crippen LogP contribution in [0.15, 0.2) is 164 Å². The summed E-state index contributed by atoms with van der Waals surface area (Å²) < 4.78 is 4.62. The summed E-state index contributed by atoms with van der Waals surface area (Å²) >= 11 is 0. The number of hydrogen-bond acceptors (Lipinski definition) is 3. The van der Waals surface area contributed by atoms with Crippen molar-refractivity contribution in [2.75, 3.05) is 0 Å². The van der Waals surface area contributed by atoms with Gasteiger partial charge in [-0.1, -0.05) is 140 Å². The predicted octanol–water partition coefficient (Wildman–Crippen LogP) is 11.1. The minimum Gasteiger partial charge on any atom is -0.307 e. The van der Waals surface area contributed by atoms with E-state index in [1.54, 1.807) is 0 Å². The van der Waals surface area contributed by atoms with Gasteiger partial charge in [-0.2, -0.15) is 9.97 Å². The van der Waals surface area contributed by atoms with Crippen LogP contribution in [0.2, 0.25) is 0 Å². The van der Waals surface area contributed by atoms with Gasteiger partial charge in [-0.05, 0) is 29.8 Å². The van der Waals surface area contributed by atoms with Crippen LogP contribution >= 0.6 is 0 Å². The Balaban J connectivity index is 1.16. The molecule has 0 saturated heterocycles. The summed E-state index contributed by atoms with van der Waals surface area (Å²) in [4.78, 5) is 15.4. The first-order chi connectivity index (χ1) is 24.8. The van der Waals surface area contributed by atoms with E-state index < -0.39 is 0 Å². The van der Waals surface area contributed by atoms with Crippen LogP contribution < -0.4 is 0 Å². The molecule has 5 nitrogen and oxygen atoms in total. The number of aromatic nitrogens is 5. The zero-order valence-corrected chi connectivity index (χ0v) is 26.8. The maximum atomic E-state index is 5.21. The molecule has 232 valence electrons. The topological polar surface area (TPSA) is 48.0 Å². The van der Waals surface area contributed by atoms with Crippen molar-refractivity contribution >= 4 is 59.9 Å². The Hall–Kier alpha value is -6.85. The van der Waals surface area contributed by atoms with Crippen LogP contribution in [0.5, 0.6) is 0 Å². The molecule has 0 spiro atoms. The standard InChI is InChI=1S/C45H27N5/c1-2-13-28(14-3-1)43-46-44(48-45(47-43)49-38-24-7-4-17-32(38)33-18-5-8-25-39(33)49)30-16-10-15-29(27-30)31-20-11-22-36-37-23-12-21-35-34-19-6-9-26-40(34)50(41(31)36)42(35)37/h1-27H. The molecule has 50 heavy (non-hydrogen) atoms. The Morgan fingerprint density at radius 3 is 1.54 bits per heavy atom. The smallest absolute Gasteiger partial charge is 0.238 e. The Kier molecular flexibility index (Phi) is 5.60. The van der Waals surface area contributed by atoms with Gasteiger partial charge in [-0.3, -0.25) is 4.57 Å². The van der Waals surface area contributed by atoms with Crippen molar-refractivity contribution in [2.45, 2.75) is 0 Å². The lowest BCUT2D eigenvalue weighted by atomic mass is 9.99. The summed E-state index contributed by atoms with van der Waals surface area (Å²) in [5.74, 6) is 1.85. The molecule has 0 atom stereocenters. The summed E-state index contributed by atoms with van der Waals surface area (Å²) in [7, 11) is 0. The van der Waals surface area contributed by atoms with E-state index in [1.165, 1.54) is 54.4 Å². The van der Waals surface area contributed by atoms with E-state index in [0.717, 1.165) is 27.7 Å². The number of hydrogen-bond donors (Lipinski definition) is 0. The van der Waals surface area contributed by atoms with Crippen LogP contribution in [0.3, 0.4) is 0 Å². The molecule has 0 saturated carbocycles. The van der Waals surface area contributed by atoms with Gasteiger partial charge < -0.3 is 4.40 Å². The fraction of sp³-hybridized carbons (Fsp3) is 0. The van der Waals surface area contributed by atoms with Crippen LogP contribution in [0, 0.1) is 0 Å². The number of para-hydroxylation sites is 5. The Bertz CT molecular complexity index is 3040. The zero-order chi connectivity index (χ0) is 32.8. The first kappa shape index (κ1) is 27.1. The molecule has 0 aliphatic heterocycles. The highest BCUT2D eigenvalue weighted by Gasteiger charge is 2.21. The summed E-state index contributed by atoms with van der Waals surface area (Å²) in [5.41, 5.74) is 9.97. The maximum Gasteiger partial charge on any atom is 0.238 e. The average Bonchev–Trinajstić information content (AvgIpc) is 3.83. The Morgan fingerprint density at radius 1 is 0.340 bits per heavy atom. The highest BCUT2D eigenvalue weighted by Crippen LogP contribution is 2.42. The second-order valence-electron chi connectivity index (χ2n) is 12.9. The molecule has 0 aliphatic rings. The van der Waals surface area contributed by atoms with Gasteiger partial charge in [-0.15, -0.1) is 0 Å². The van der Waals surface area contributed by atoms with Crippen molar-refractivity contribution in [3.05, 3.63) is 164 Å². The van der Waals surface area contributed by atoms with Crippen LogP contribution in [0.1, 0.15) is 0 Å². The largest absolute Gasteiger partial charge is 0.307 e. The minimum atomic E-state index is 0.592. The van der Waals surface area contributed by atoms with E-state index in [0.29, 0.717) is 17.6 Å². The molecule has 5 heteroatoms. The number of nitrogens with zero attached hydrogens (tertiary/aromatic N) is 5. The molecule has 4 aromatic heterocycles. The average molecular weight is 638 g/mol. The van der Waals surface area contributed by atoms with Crippen LogP contribution in [-0.2, 0) is 0 Å². The highest BCUT2D eigenvalue weighted by atomic mass is 15.2. The summed E-state index contributed by atoms with van der Waals surface area (Å²) in [6, 6.07) is 57.7. The van der Waals surface area contributed by atoms with Crippen molar-refractivity contribution in [2.24, 2.45) is 0 Å². The first-order valence-corrected chi connectivity index (χ1v) is 16.9. The minimum absolute atomic E-state index is 0.592. The van der Waals surface area contributed by atoms with Gasteiger partial charge in [0, 0.05) is 49.0 Å². The van der Waals surface area contributed by atoms with Gasteiger partial charge in [0.2, 0.25) is 5.95 Å². The van der Waals surface area contributed by atoms with Crippen molar-refractivity contribution in [1.29, 1.82) is 0 Å². The zero-order valence-electron chi connectivity index (χ0n) is 26.8. The lowest BCUT2D eigenvalue weighted by Gasteiger charge is -2.12. The molecule has 11 rings (SSSR count). The van der Waals surface area contributed by atoms with Crippen molar-refractivity contribution in [1.82, 2.24) is 23.9 Å². The molecule has 11 aromatic rings. The van der Waals surface area contributed by atoms with E-state index in [-0.39, 0.29) is 0 Å². The number of benzene rings is 7. The van der Waals surface area contributed by atoms with Crippen LogP contribution in [0.4, 0.5) is 0 Å². The normalized spacial score (nSPS) is 12.0. The lowest BCUT2D eigenvalue weighted by Crippen LogP contribution is -2.06. The molecule has 0 aliphatic carbocycles. The summed E-state index contributed by atoms with van der Waals surface area (Å²) in [6.07, 6.45) is 0. The molecule has 0 radical (unpaired) electrons. The molecule has 7 aromatic carbocycles. The predicted molar refractivity (Wildman–Crippen MR) is 205 cm³/mol. The van der Waals surface area contributed by atoms with E-state index >= 15 is 0 Å². The van der Waals surface area contributed by atoms with E-state index in [2.05, 4.69) is 155 Å². The third-order valence-electron chi connectivity index (χ3n) is 10.1. The summed E-state index contributed by atoms with van der Waals surface area (Å²) in [5, 5.41) is 7.41. The molecule has 4 heterocycles. The number of fused-ring (bicyclic) bond motifs is 9. The van der Waals surface area contributed by atoms with Gasteiger partial charge in [0.15, 0.2) is 11.6 Å². The molecular formula is C45H27N5. The van der Waals surface area contributed by atoms with Crippen LogP contribution in [0.25, 0.3) is 99.8 Å². The Labute approximate surface area is 286 Å². The summed E-state index contributed by atoms with van der Waals surface area (Å²) in [6.45, 7) is 0. The second kappa shape index (κ2) is 10.3. The molecule has 0 N–H and O–H groups in total. The van der Waals surface area contributed by atoms with E-state index in [9.17, 15) is 0 Å². The molecule has 0 fully saturated rings. The Morgan fingerprint density at radius 2 is 0.820 bits per heavy atom. The SMILES string of the molecule is c1ccc(-c2nc(-c3cccc(-c4cccc5c6cccc7c8ccccc8n(c45)c76)c3)nc(-n3c4ccccc4c4ccccc43)n2)cc1. The third kappa shape index (κ3) is 3.80. The number of rotatable bonds is 4. The van der Waals surface area contributed by atoms with Crippen molar-refractivity contribution in [3.63, 3.8) is 0 Å². The monoisotopic (exact) mass is 637 g/mol. The van der Waals surface area contributed by atoms with E-state index in [4.69, 9.17) is 15.0 Å². The molecule has 0 unspecified atom stereocenters. The highest BCUT2D eigenvalue weighted by molar-refractivity contribution is 6.25. The maximum absolute atomic E-state index is 5.21. The molecule has 0 bridgehead atoms. The van der Waals surface area contributed by atoms with Gasteiger partial charge in [0.25, 0.3) is 0 Å². The van der Waals surface area contributed by atoms with Gasteiger partial charge in [0.05, 0.1) is 27.6 Å². The fourth-order valence-corrected chi connectivity index (χ4v) is 7.98.